The zero-order chi connectivity index (χ0) is 18.4. The number of ether oxygens (including phenoxy) is 1. The summed E-state index contributed by atoms with van der Waals surface area (Å²) < 4.78 is 5.06. The maximum atomic E-state index is 12.5. The lowest BCUT2D eigenvalue weighted by molar-refractivity contribution is -0.155. The second kappa shape index (κ2) is 5.89. The van der Waals surface area contributed by atoms with Crippen LogP contribution in [0, 0.1) is 33.5 Å². The molecule has 1 aliphatic heterocycles. The molecule has 0 bridgehead atoms. The summed E-state index contributed by atoms with van der Waals surface area (Å²) in [6.45, 7) is 21.4. The Hall–Kier alpha value is -0.860. The normalized spacial score (nSPS) is 24.1. The highest BCUT2D eigenvalue weighted by atomic mass is 16.6. The van der Waals surface area contributed by atoms with Crippen molar-refractivity contribution in [3.8, 4) is 0 Å². The largest absolute Gasteiger partial charge is 0.393 e. The summed E-state index contributed by atoms with van der Waals surface area (Å²) in [4.78, 5) is 24.8. The topological polar surface area (TPSA) is 43.4 Å². The van der Waals surface area contributed by atoms with E-state index in [4.69, 9.17) is 4.74 Å². The van der Waals surface area contributed by atoms with E-state index in [9.17, 15) is 9.59 Å². The van der Waals surface area contributed by atoms with Gasteiger partial charge in [-0.3, -0.25) is 9.59 Å². The van der Waals surface area contributed by atoms with E-state index < -0.39 is 0 Å². The first kappa shape index (κ1) is 20.2. The van der Waals surface area contributed by atoms with E-state index in [0.717, 1.165) is 12.8 Å². The molecule has 2 unspecified atom stereocenters. The molecule has 23 heavy (non-hydrogen) atoms. The molecule has 0 saturated carbocycles. The fourth-order valence-corrected chi connectivity index (χ4v) is 3.49. The van der Waals surface area contributed by atoms with Crippen molar-refractivity contribution in [1.82, 2.24) is 0 Å². The first-order valence-electron chi connectivity index (χ1n) is 8.76. The Kier molecular flexibility index (Phi) is 5.17. The molecule has 0 aromatic heterocycles. The van der Waals surface area contributed by atoms with Crippen LogP contribution in [0.25, 0.3) is 0 Å². The zero-order valence-electron chi connectivity index (χ0n) is 16.8. The third-order valence-electron chi connectivity index (χ3n) is 6.00. The minimum Gasteiger partial charge on any atom is -0.393 e. The molecule has 1 saturated heterocycles. The molecule has 3 nitrogen and oxygen atoms in total. The highest BCUT2D eigenvalue weighted by Crippen LogP contribution is 2.55. The molecule has 0 aromatic rings. The van der Waals surface area contributed by atoms with E-state index in [1.165, 1.54) is 0 Å². The lowest BCUT2D eigenvalue weighted by atomic mass is 9.54. The van der Waals surface area contributed by atoms with Crippen molar-refractivity contribution in [3.63, 3.8) is 0 Å². The van der Waals surface area contributed by atoms with Gasteiger partial charge in [0.15, 0.2) is 0 Å². The molecular weight excluding hydrogens is 288 g/mol. The van der Waals surface area contributed by atoms with Gasteiger partial charge in [-0.25, -0.2) is 0 Å². The van der Waals surface area contributed by atoms with E-state index in [1.54, 1.807) is 0 Å². The van der Waals surface area contributed by atoms with E-state index in [0.29, 0.717) is 0 Å². The minimum atomic E-state index is -0.384. The van der Waals surface area contributed by atoms with Crippen molar-refractivity contribution >= 4 is 11.9 Å². The van der Waals surface area contributed by atoms with Crippen molar-refractivity contribution < 1.29 is 14.3 Å². The second-order valence-electron chi connectivity index (χ2n) is 10.7. The molecule has 0 N–H and O–H groups in total. The van der Waals surface area contributed by atoms with Crippen molar-refractivity contribution in [2.75, 3.05) is 0 Å². The molecule has 0 radical (unpaired) electrons. The first-order valence-corrected chi connectivity index (χ1v) is 8.76. The van der Waals surface area contributed by atoms with E-state index >= 15 is 0 Å². The predicted octanol–water partition coefficient (Wildman–Crippen LogP) is 5.23. The van der Waals surface area contributed by atoms with Crippen molar-refractivity contribution in [1.29, 1.82) is 0 Å². The molecule has 134 valence electrons. The lowest BCUT2D eigenvalue weighted by Gasteiger charge is -2.48. The van der Waals surface area contributed by atoms with E-state index in [1.807, 2.05) is 20.8 Å². The molecule has 1 heterocycles. The molecule has 0 amide bonds. The summed E-state index contributed by atoms with van der Waals surface area (Å²) in [5.41, 5.74) is -0.425. The van der Waals surface area contributed by atoms with Gasteiger partial charge >= 0.3 is 11.9 Å². The molecule has 3 heteroatoms. The number of cyclic esters (lactones) is 2. The van der Waals surface area contributed by atoms with Crippen LogP contribution in [0.5, 0.6) is 0 Å². The summed E-state index contributed by atoms with van der Waals surface area (Å²) in [6, 6.07) is 0. The Morgan fingerprint density at radius 2 is 1.17 bits per heavy atom. The number of esters is 2. The van der Waals surface area contributed by atoms with Crippen molar-refractivity contribution in [2.24, 2.45) is 33.5 Å². The van der Waals surface area contributed by atoms with Crippen LogP contribution in [0.2, 0.25) is 0 Å². The third kappa shape index (κ3) is 4.16. The van der Waals surface area contributed by atoms with Gasteiger partial charge in [0.2, 0.25) is 0 Å². The van der Waals surface area contributed by atoms with Crippen LogP contribution in [0.1, 0.15) is 82.1 Å². The average molecular weight is 325 g/mol. The molecular formula is C20H36O3. The van der Waals surface area contributed by atoms with Crippen molar-refractivity contribution in [3.05, 3.63) is 0 Å². The average Bonchev–Trinajstić information content (AvgIpc) is 2.60. The number of hydrogen-bond donors (Lipinski definition) is 0. The van der Waals surface area contributed by atoms with Crippen molar-refractivity contribution in [2.45, 2.75) is 82.1 Å². The Bertz CT molecular complexity index is 472. The van der Waals surface area contributed by atoms with Gasteiger partial charge in [-0.05, 0) is 34.5 Å². The number of rotatable bonds is 4. The molecule has 0 aliphatic carbocycles. The highest BCUT2D eigenvalue weighted by molar-refractivity contribution is 5.97. The Labute approximate surface area is 142 Å². The fraction of sp³-hybridized carbons (Fsp3) is 0.900. The molecule has 2 atom stereocenters. The quantitative estimate of drug-likeness (QED) is 0.525. The van der Waals surface area contributed by atoms with E-state index in [-0.39, 0.29) is 45.4 Å². The predicted molar refractivity (Wildman–Crippen MR) is 93.8 cm³/mol. The molecule has 1 rings (SSSR count). The lowest BCUT2D eigenvalue weighted by Crippen LogP contribution is -2.47. The van der Waals surface area contributed by atoms with Gasteiger partial charge in [0, 0.05) is 0 Å². The van der Waals surface area contributed by atoms with E-state index in [2.05, 4.69) is 48.5 Å². The second-order valence-corrected chi connectivity index (χ2v) is 10.7. The maximum Gasteiger partial charge on any atom is 0.318 e. The smallest absolute Gasteiger partial charge is 0.318 e. The molecule has 0 aromatic carbocycles. The standard InChI is InChI=1S/C20H36O3/c1-17(2,3)11-12-19(7,8)20(9,10)14-13(18(4,5)6)15(21)23-16(14)22/h13-14H,11-12H2,1-10H3. The van der Waals surface area contributed by atoms with Crippen LogP contribution in [-0.2, 0) is 14.3 Å². The summed E-state index contributed by atoms with van der Waals surface area (Å²) in [5, 5.41) is 0. The number of carbonyl (C=O) groups excluding carboxylic acids is 2. The number of carbonyl (C=O) groups is 2. The number of hydrogen-bond acceptors (Lipinski definition) is 3. The highest BCUT2D eigenvalue weighted by Gasteiger charge is 2.59. The minimum absolute atomic E-state index is 0.0713. The summed E-state index contributed by atoms with van der Waals surface area (Å²) in [7, 11) is 0. The summed E-state index contributed by atoms with van der Waals surface area (Å²) in [5.74, 6) is -1.46. The van der Waals surface area contributed by atoms with Crippen LogP contribution < -0.4 is 0 Å². The summed E-state index contributed by atoms with van der Waals surface area (Å²) in [6.07, 6.45) is 2.09. The van der Waals surface area contributed by atoms with Gasteiger partial charge < -0.3 is 4.74 Å². The van der Waals surface area contributed by atoms with Crippen LogP contribution in [0.3, 0.4) is 0 Å². The van der Waals surface area contributed by atoms with Crippen LogP contribution in [0.4, 0.5) is 0 Å². The zero-order valence-corrected chi connectivity index (χ0v) is 16.8. The first-order chi connectivity index (χ1) is 10.0. The third-order valence-corrected chi connectivity index (χ3v) is 6.00. The van der Waals surface area contributed by atoms with Gasteiger partial charge in [-0.1, -0.05) is 69.2 Å². The van der Waals surface area contributed by atoms with Gasteiger partial charge in [0.25, 0.3) is 0 Å². The molecule has 1 fully saturated rings. The van der Waals surface area contributed by atoms with Crippen LogP contribution >= 0.6 is 0 Å². The van der Waals surface area contributed by atoms with Crippen LogP contribution in [0.15, 0.2) is 0 Å². The van der Waals surface area contributed by atoms with Gasteiger partial charge in [0.1, 0.15) is 0 Å². The van der Waals surface area contributed by atoms with Gasteiger partial charge in [-0.2, -0.15) is 0 Å². The van der Waals surface area contributed by atoms with Crippen LogP contribution in [-0.4, -0.2) is 11.9 Å². The Morgan fingerprint density at radius 1 is 0.739 bits per heavy atom. The Balaban J connectivity index is 3.18. The monoisotopic (exact) mass is 324 g/mol. The maximum absolute atomic E-state index is 12.5. The van der Waals surface area contributed by atoms with Gasteiger partial charge in [0.05, 0.1) is 11.8 Å². The SMILES string of the molecule is CC(C)(C)CCC(C)(C)C(C)(C)C1C(=O)OC(=O)C1C(C)(C)C. The summed E-state index contributed by atoms with van der Waals surface area (Å²) >= 11 is 0. The molecule has 1 aliphatic rings. The Morgan fingerprint density at radius 3 is 1.57 bits per heavy atom. The molecule has 0 spiro atoms. The van der Waals surface area contributed by atoms with Gasteiger partial charge in [-0.15, -0.1) is 0 Å². The fourth-order valence-electron chi connectivity index (χ4n) is 3.49.